The molecule has 1 fully saturated rings. The highest BCUT2D eigenvalue weighted by Crippen LogP contribution is 2.21. The van der Waals surface area contributed by atoms with Crippen LogP contribution in [0.3, 0.4) is 0 Å². The number of aryl methyl sites for hydroxylation is 1. The molecule has 0 aromatic heterocycles. The molecule has 3 heteroatoms. The Morgan fingerprint density at radius 1 is 1.47 bits per heavy atom. The Balaban J connectivity index is 1.79. The molecule has 0 spiro atoms. The Labute approximate surface area is 102 Å². The molecule has 1 atom stereocenters. The van der Waals surface area contributed by atoms with Crippen molar-refractivity contribution in [3.63, 3.8) is 0 Å². The Bertz CT molecular complexity index is 361. The fourth-order valence-corrected chi connectivity index (χ4v) is 2.24. The molecule has 0 saturated carbocycles. The van der Waals surface area contributed by atoms with Gasteiger partial charge in [0.2, 0.25) is 0 Å². The summed E-state index contributed by atoms with van der Waals surface area (Å²) in [6, 6.07) is 5.28. The summed E-state index contributed by atoms with van der Waals surface area (Å²) in [6.45, 7) is 4.56. The van der Waals surface area contributed by atoms with Crippen LogP contribution in [-0.2, 0) is 0 Å². The fourth-order valence-electron chi connectivity index (χ4n) is 2.24. The van der Waals surface area contributed by atoms with Gasteiger partial charge in [-0.2, -0.15) is 0 Å². The first-order chi connectivity index (χ1) is 8.27. The predicted molar refractivity (Wildman–Crippen MR) is 66.8 cm³/mol. The molecule has 2 rings (SSSR count). The minimum Gasteiger partial charge on any atom is -0.490 e. The highest BCUT2D eigenvalue weighted by Gasteiger charge is 2.13. The molecule has 0 radical (unpaired) electrons. The Morgan fingerprint density at radius 2 is 2.35 bits per heavy atom. The molecular formula is C14H20FNO. The van der Waals surface area contributed by atoms with Crippen molar-refractivity contribution in [2.75, 3.05) is 19.7 Å². The number of hydrogen-bond acceptors (Lipinski definition) is 2. The lowest BCUT2D eigenvalue weighted by Crippen LogP contribution is -2.30. The molecule has 1 aliphatic rings. The first kappa shape index (κ1) is 12.4. The highest BCUT2D eigenvalue weighted by molar-refractivity contribution is 5.29. The van der Waals surface area contributed by atoms with Crippen LogP contribution in [0.2, 0.25) is 0 Å². The van der Waals surface area contributed by atoms with Crippen molar-refractivity contribution in [2.24, 2.45) is 5.92 Å². The summed E-state index contributed by atoms with van der Waals surface area (Å²) in [5.74, 6) is 0.833. The van der Waals surface area contributed by atoms with Crippen LogP contribution in [0.4, 0.5) is 4.39 Å². The zero-order valence-corrected chi connectivity index (χ0v) is 10.3. The quantitative estimate of drug-likeness (QED) is 0.869. The van der Waals surface area contributed by atoms with E-state index in [9.17, 15) is 4.39 Å². The Morgan fingerprint density at radius 3 is 3.12 bits per heavy atom. The van der Waals surface area contributed by atoms with Gasteiger partial charge in [0.1, 0.15) is 0 Å². The first-order valence-electron chi connectivity index (χ1n) is 6.36. The van der Waals surface area contributed by atoms with E-state index >= 15 is 0 Å². The van der Waals surface area contributed by atoms with Gasteiger partial charge >= 0.3 is 0 Å². The maximum atomic E-state index is 13.6. The largest absolute Gasteiger partial charge is 0.490 e. The van der Waals surface area contributed by atoms with E-state index in [2.05, 4.69) is 5.32 Å². The molecule has 17 heavy (non-hydrogen) atoms. The molecule has 1 saturated heterocycles. The summed E-state index contributed by atoms with van der Waals surface area (Å²) in [5.41, 5.74) is 0.641. The summed E-state index contributed by atoms with van der Waals surface area (Å²) in [5, 5.41) is 3.37. The second-order valence-corrected chi connectivity index (χ2v) is 4.74. The SMILES string of the molecule is Cc1cccc(OCCC2CCCNC2)c1F. The van der Waals surface area contributed by atoms with Crippen molar-refractivity contribution >= 4 is 0 Å². The zero-order valence-electron chi connectivity index (χ0n) is 10.3. The van der Waals surface area contributed by atoms with Gasteiger partial charge in [0.05, 0.1) is 6.61 Å². The van der Waals surface area contributed by atoms with E-state index in [0.29, 0.717) is 23.8 Å². The van der Waals surface area contributed by atoms with Gasteiger partial charge in [-0.1, -0.05) is 12.1 Å². The van der Waals surface area contributed by atoms with Gasteiger partial charge in [-0.25, -0.2) is 4.39 Å². The van der Waals surface area contributed by atoms with Crippen LogP contribution < -0.4 is 10.1 Å². The normalized spacial score (nSPS) is 20.2. The lowest BCUT2D eigenvalue weighted by molar-refractivity contribution is 0.246. The van der Waals surface area contributed by atoms with E-state index in [4.69, 9.17) is 4.74 Å². The van der Waals surface area contributed by atoms with Crippen molar-refractivity contribution in [3.8, 4) is 5.75 Å². The van der Waals surface area contributed by atoms with Crippen LogP contribution in [0.15, 0.2) is 18.2 Å². The second kappa shape index (κ2) is 6.01. The molecule has 0 aliphatic carbocycles. The Hall–Kier alpha value is -1.09. The van der Waals surface area contributed by atoms with Crippen molar-refractivity contribution < 1.29 is 9.13 Å². The molecule has 2 nitrogen and oxygen atoms in total. The molecule has 1 heterocycles. The van der Waals surface area contributed by atoms with Crippen LogP contribution in [0.25, 0.3) is 0 Å². The lowest BCUT2D eigenvalue weighted by atomic mass is 9.97. The van der Waals surface area contributed by atoms with Crippen LogP contribution >= 0.6 is 0 Å². The number of hydrogen-bond donors (Lipinski definition) is 1. The number of halogens is 1. The predicted octanol–water partition coefficient (Wildman–Crippen LogP) is 2.90. The van der Waals surface area contributed by atoms with Gasteiger partial charge in [-0.3, -0.25) is 0 Å². The van der Waals surface area contributed by atoms with Gasteiger partial charge in [0.15, 0.2) is 11.6 Å². The molecule has 0 bridgehead atoms. The third kappa shape index (κ3) is 3.43. The molecule has 1 aromatic rings. The minimum atomic E-state index is -0.228. The minimum absolute atomic E-state index is 0.228. The van der Waals surface area contributed by atoms with Crippen molar-refractivity contribution in [3.05, 3.63) is 29.6 Å². The molecule has 1 aromatic carbocycles. The first-order valence-corrected chi connectivity index (χ1v) is 6.36. The summed E-state index contributed by atoms with van der Waals surface area (Å²) < 4.78 is 19.1. The summed E-state index contributed by atoms with van der Waals surface area (Å²) in [6.07, 6.45) is 3.50. The second-order valence-electron chi connectivity index (χ2n) is 4.74. The maximum Gasteiger partial charge on any atom is 0.167 e. The monoisotopic (exact) mass is 237 g/mol. The lowest BCUT2D eigenvalue weighted by Gasteiger charge is -2.22. The zero-order chi connectivity index (χ0) is 12.1. The van der Waals surface area contributed by atoms with E-state index in [1.807, 2.05) is 6.07 Å². The number of benzene rings is 1. The average molecular weight is 237 g/mol. The molecular weight excluding hydrogens is 217 g/mol. The van der Waals surface area contributed by atoms with E-state index in [1.54, 1.807) is 19.1 Å². The standard InChI is InChI=1S/C14H20FNO/c1-11-4-2-6-13(14(11)15)17-9-7-12-5-3-8-16-10-12/h2,4,6,12,16H,3,5,7-10H2,1H3. The Kier molecular flexibility index (Phi) is 4.37. The van der Waals surface area contributed by atoms with Crippen LogP contribution in [-0.4, -0.2) is 19.7 Å². The third-order valence-electron chi connectivity index (χ3n) is 3.34. The maximum absolute atomic E-state index is 13.6. The fraction of sp³-hybridized carbons (Fsp3) is 0.571. The van der Waals surface area contributed by atoms with Crippen molar-refractivity contribution in [1.82, 2.24) is 5.32 Å². The average Bonchev–Trinajstić information content (AvgIpc) is 2.36. The van der Waals surface area contributed by atoms with Gasteiger partial charge in [0.25, 0.3) is 0 Å². The highest BCUT2D eigenvalue weighted by atomic mass is 19.1. The molecule has 0 amide bonds. The van der Waals surface area contributed by atoms with Crippen LogP contribution in [0.5, 0.6) is 5.75 Å². The van der Waals surface area contributed by atoms with Gasteiger partial charge in [-0.05, 0) is 56.8 Å². The van der Waals surface area contributed by atoms with E-state index in [0.717, 1.165) is 19.5 Å². The van der Waals surface area contributed by atoms with Crippen molar-refractivity contribution in [1.29, 1.82) is 0 Å². The summed E-state index contributed by atoms with van der Waals surface area (Å²) >= 11 is 0. The molecule has 1 aliphatic heterocycles. The van der Waals surface area contributed by atoms with Crippen LogP contribution in [0.1, 0.15) is 24.8 Å². The topological polar surface area (TPSA) is 21.3 Å². The van der Waals surface area contributed by atoms with E-state index < -0.39 is 0 Å². The summed E-state index contributed by atoms with van der Waals surface area (Å²) in [7, 11) is 0. The number of piperidine rings is 1. The smallest absolute Gasteiger partial charge is 0.167 e. The summed E-state index contributed by atoms with van der Waals surface area (Å²) in [4.78, 5) is 0. The molecule has 1 unspecified atom stereocenters. The number of rotatable bonds is 4. The van der Waals surface area contributed by atoms with Crippen LogP contribution in [0, 0.1) is 18.7 Å². The van der Waals surface area contributed by atoms with E-state index in [-0.39, 0.29) is 5.82 Å². The van der Waals surface area contributed by atoms with Gasteiger partial charge in [0, 0.05) is 0 Å². The van der Waals surface area contributed by atoms with Gasteiger partial charge in [-0.15, -0.1) is 0 Å². The third-order valence-corrected chi connectivity index (χ3v) is 3.34. The van der Waals surface area contributed by atoms with Crippen molar-refractivity contribution in [2.45, 2.75) is 26.2 Å². The number of nitrogens with one attached hydrogen (secondary N) is 1. The molecule has 94 valence electrons. The number of ether oxygens (including phenoxy) is 1. The van der Waals surface area contributed by atoms with E-state index in [1.165, 1.54) is 12.8 Å². The molecule has 1 N–H and O–H groups in total. The van der Waals surface area contributed by atoms with Gasteiger partial charge < -0.3 is 10.1 Å².